The highest BCUT2D eigenvalue weighted by molar-refractivity contribution is 5.46. The van der Waals surface area contributed by atoms with Crippen molar-refractivity contribution in [3.63, 3.8) is 0 Å². The van der Waals surface area contributed by atoms with Gasteiger partial charge in [-0.3, -0.25) is 0 Å². The van der Waals surface area contributed by atoms with Gasteiger partial charge in [0.1, 0.15) is 12.7 Å². The number of benzene rings is 1. The molecule has 0 aromatic heterocycles. The molecule has 5 heteroatoms. The van der Waals surface area contributed by atoms with Crippen molar-refractivity contribution in [2.75, 3.05) is 20.3 Å². The van der Waals surface area contributed by atoms with Crippen molar-refractivity contribution in [1.82, 2.24) is 0 Å². The van der Waals surface area contributed by atoms with Gasteiger partial charge in [-0.15, -0.1) is 0 Å². The molecule has 1 atom stereocenters. The van der Waals surface area contributed by atoms with Crippen LogP contribution >= 0.6 is 0 Å². The number of nitrogens with zero attached hydrogens (tertiary/aromatic N) is 1. The van der Waals surface area contributed by atoms with E-state index in [4.69, 9.17) is 24.9 Å². The van der Waals surface area contributed by atoms with Gasteiger partial charge in [-0.05, 0) is 12.1 Å². The molecule has 1 rings (SSSR count). The van der Waals surface area contributed by atoms with Crippen molar-refractivity contribution >= 4 is 0 Å². The van der Waals surface area contributed by atoms with Crippen LogP contribution in [0.25, 0.3) is 0 Å². The first kappa shape index (κ1) is 12.3. The molecule has 0 spiro atoms. The third-order valence-electron chi connectivity index (χ3n) is 1.93. The van der Waals surface area contributed by atoms with Gasteiger partial charge in [0.25, 0.3) is 0 Å². The monoisotopic (exact) mass is 223 g/mol. The summed E-state index contributed by atoms with van der Waals surface area (Å²) in [5.74, 6) is 0.846. The van der Waals surface area contributed by atoms with Gasteiger partial charge in [0.05, 0.1) is 25.3 Å². The Kier molecular flexibility index (Phi) is 4.58. The molecule has 2 N–H and O–H groups in total. The van der Waals surface area contributed by atoms with Crippen molar-refractivity contribution in [3.05, 3.63) is 23.8 Å². The van der Waals surface area contributed by atoms with Gasteiger partial charge >= 0.3 is 0 Å². The highest BCUT2D eigenvalue weighted by atomic mass is 16.5. The summed E-state index contributed by atoms with van der Waals surface area (Å²) >= 11 is 0. The maximum absolute atomic E-state index is 9.12. The van der Waals surface area contributed by atoms with Gasteiger partial charge in [-0.1, -0.05) is 0 Å². The van der Waals surface area contributed by atoms with Crippen LogP contribution < -0.4 is 9.47 Å². The van der Waals surface area contributed by atoms with E-state index >= 15 is 0 Å². The minimum atomic E-state index is -0.930. The molecule has 5 nitrogen and oxygen atoms in total. The third-order valence-corrected chi connectivity index (χ3v) is 1.93. The minimum Gasteiger partial charge on any atom is -0.493 e. The molecule has 0 amide bonds. The van der Waals surface area contributed by atoms with Crippen LogP contribution in [-0.2, 0) is 0 Å². The quantitative estimate of drug-likeness (QED) is 0.750. The van der Waals surface area contributed by atoms with E-state index in [0.717, 1.165) is 0 Å². The lowest BCUT2D eigenvalue weighted by Crippen LogP contribution is -2.21. The Morgan fingerprint density at radius 3 is 2.75 bits per heavy atom. The van der Waals surface area contributed by atoms with E-state index < -0.39 is 6.10 Å². The Bertz CT molecular complexity index is 386. The first-order chi connectivity index (χ1) is 7.71. The average molecular weight is 223 g/mol. The normalized spacial score (nSPS) is 11.6. The molecule has 0 aliphatic carbocycles. The predicted octanol–water partition coefficient (Wildman–Crippen LogP) is 0.299. The maximum atomic E-state index is 9.12. The van der Waals surface area contributed by atoms with Crippen molar-refractivity contribution in [3.8, 4) is 17.6 Å². The molecule has 16 heavy (non-hydrogen) atoms. The highest BCUT2D eigenvalue weighted by Crippen LogP contribution is 2.27. The van der Waals surface area contributed by atoms with Crippen LogP contribution in [0, 0.1) is 11.3 Å². The molecule has 0 heterocycles. The molecular formula is C11H13NO4. The molecule has 0 radical (unpaired) electrons. The number of aliphatic hydroxyl groups is 2. The number of methoxy groups -OCH3 is 1. The smallest absolute Gasteiger partial charge is 0.162 e. The molecule has 0 aliphatic heterocycles. The van der Waals surface area contributed by atoms with Gasteiger partial charge < -0.3 is 19.7 Å². The van der Waals surface area contributed by atoms with E-state index in [1.54, 1.807) is 18.2 Å². The standard InChI is InChI=1S/C11H13NO4/c1-15-11-4-8(5-12)2-3-10(11)16-7-9(14)6-13/h2-4,9,13-14H,6-7H2,1H3. The molecule has 0 bridgehead atoms. The van der Waals surface area contributed by atoms with Crippen LogP contribution in [0.15, 0.2) is 18.2 Å². The first-order valence-electron chi connectivity index (χ1n) is 4.71. The van der Waals surface area contributed by atoms with E-state index in [9.17, 15) is 0 Å². The van der Waals surface area contributed by atoms with Crippen LogP contribution in [-0.4, -0.2) is 36.6 Å². The largest absolute Gasteiger partial charge is 0.493 e. The van der Waals surface area contributed by atoms with Crippen molar-refractivity contribution in [2.45, 2.75) is 6.10 Å². The van der Waals surface area contributed by atoms with Crippen LogP contribution in [0.5, 0.6) is 11.5 Å². The second-order valence-electron chi connectivity index (χ2n) is 3.12. The van der Waals surface area contributed by atoms with E-state index in [0.29, 0.717) is 17.1 Å². The highest BCUT2D eigenvalue weighted by Gasteiger charge is 2.08. The molecule has 1 aromatic rings. The van der Waals surface area contributed by atoms with E-state index in [-0.39, 0.29) is 13.2 Å². The van der Waals surface area contributed by atoms with E-state index in [1.807, 2.05) is 6.07 Å². The topological polar surface area (TPSA) is 82.7 Å². The first-order valence-corrected chi connectivity index (χ1v) is 4.71. The summed E-state index contributed by atoms with van der Waals surface area (Å²) in [4.78, 5) is 0. The minimum absolute atomic E-state index is 0.0290. The SMILES string of the molecule is COc1cc(C#N)ccc1OCC(O)CO. The van der Waals surface area contributed by atoms with Crippen molar-refractivity contribution in [1.29, 1.82) is 5.26 Å². The molecule has 0 aliphatic rings. The van der Waals surface area contributed by atoms with Gasteiger partial charge in [0, 0.05) is 6.07 Å². The molecular weight excluding hydrogens is 210 g/mol. The zero-order chi connectivity index (χ0) is 12.0. The summed E-state index contributed by atoms with van der Waals surface area (Å²) in [6.45, 7) is -0.392. The summed E-state index contributed by atoms with van der Waals surface area (Å²) in [5, 5.41) is 26.4. The van der Waals surface area contributed by atoms with Gasteiger partial charge in [-0.25, -0.2) is 0 Å². The zero-order valence-electron chi connectivity index (χ0n) is 8.88. The summed E-state index contributed by atoms with van der Waals surface area (Å²) < 4.78 is 10.3. The number of ether oxygens (including phenoxy) is 2. The third kappa shape index (κ3) is 3.12. The molecule has 86 valence electrons. The van der Waals surface area contributed by atoms with E-state index in [1.165, 1.54) is 7.11 Å². The summed E-state index contributed by atoms with van der Waals surface area (Å²) in [5.41, 5.74) is 0.465. The van der Waals surface area contributed by atoms with Gasteiger partial charge in [-0.2, -0.15) is 5.26 Å². The van der Waals surface area contributed by atoms with Crippen LogP contribution in [0.2, 0.25) is 0 Å². The van der Waals surface area contributed by atoms with Crippen molar-refractivity contribution < 1.29 is 19.7 Å². The number of hydrogen-bond donors (Lipinski definition) is 2. The second-order valence-corrected chi connectivity index (χ2v) is 3.12. The Balaban J connectivity index is 2.76. The van der Waals surface area contributed by atoms with Gasteiger partial charge in [0.2, 0.25) is 0 Å². The maximum Gasteiger partial charge on any atom is 0.162 e. The lowest BCUT2D eigenvalue weighted by molar-refractivity contribution is 0.0527. The van der Waals surface area contributed by atoms with Crippen molar-refractivity contribution in [2.24, 2.45) is 0 Å². The molecule has 0 fully saturated rings. The Hall–Kier alpha value is -1.77. The van der Waals surface area contributed by atoms with Gasteiger partial charge in [0.15, 0.2) is 11.5 Å². The number of hydrogen-bond acceptors (Lipinski definition) is 5. The fourth-order valence-corrected chi connectivity index (χ4v) is 1.10. The zero-order valence-corrected chi connectivity index (χ0v) is 8.88. The van der Waals surface area contributed by atoms with Crippen LogP contribution in [0.1, 0.15) is 5.56 Å². The summed E-state index contributed by atoms with van der Waals surface area (Å²) in [6, 6.07) is 6.69. The fourth-order valence-electron chi connectivity index (χ4n) is 1.10. The Morgan fingerprint density at radius 2 is 2.19 bits per heavy atom. The fraction of sp³-hybridized carbons (Fsp3) is 0.364. The number of aliphatic hydroxyl groups excluding tert-OH is 2. The van der Waals surface area contributed by atoms with Crippen LogP contribution in [0.4, 0.5) is 0 Å². The Morgan fingerprint density at radius 1 is 1.44 bits per heavy atom. The average Bonchev–Trinajstić information content (AvgIpc) is 2.35. The lowest BCUT2D eigenvalue weighted by atomic mass is 10.2. The predicted molar refractivity (Wildman–Crippen MR) is 56.3 cm³/mol. The van der Waals surface area contributed by atoms with Crippen LogP contribution in [0.3, 0.4) is 0 Å². The second kappa shape index (κ2) is 5.95. The number of rotatable bonds is 5. The summed E-state index contributed by atoms with van der Waals surface area (Å²) in [6.07, 6.45) is -0.930. The van der Waals surface area contributed by atoms with E-state index in [2.05, 4.69) is 0 Å². The molecule has 1 unspecified atom stereocenters. The molecule has 0 saturated heterocycles. The Labute approximate surface area is 93.5 Å². The lowest BCUT2D eigenvalue weighted by Gasteiger charge is -2.12. The molecule has 1 aromatic carbocycles. The summed E-state index contributed by atoms with van der Waals surface area (Å²) in [7, 11) is 1.46. The number of nitriles is 1. The molecule has 0 saturated carbocycles.